The molecule has 0 bridgehead atoms. The van der Waals surface area contributed by atoms with Gasteiger partial charge in [0.2, 0.25) is 0 Å². The predicted octanol–water partition coefficient (Wildman–Crippen LogP) is 3.84. The molecule has 3 aromatic rings. The molecule has 1 aromatic heterocycles. The van der Waals surface area contributed by atoms with Crippen LogP contribution in [0, 0.1) is 23.0 Å². The molecule has 2 amide bonds. The number of hydrogen-bond donors (Lipinski definition) is 1. The molecule has 1 N–H and O–H groups in total. The van der Waals surface area contributed by atoms with E-state index < -0.39 is 11.6 Å². The first-order valence-corrected chi connectivity index (χ1v) is 10.1. The van der Waals surface area contributed by atoms with E-state index in [9.17, 15) is 18.8 Å². The van der Waals surface area contributed by atoms with Gasteiger partial charge in [-0.1, -0.05) is 18.2 Å². The van der Waals surface area contributed by atoms with Crippen LogP contribution in [-0.4, -0.2) is 33.8 Å². The quantitative estimate of drug-likeness (QED) is 0.696. The number of nitriles is 1. The summed E-state index contributed by atoms with van der Waals surface area (Å²) in [5.74, 6) is -1.26. The third-order valence-electron chi connectivity index (χ3n) is 5.35. The predicted molar refractivity (Wildman–Crippen MR) is 111 cm³/mol. The number of fused-ring (bicyclic) bond motifs is 1. The Morgan fingerprint density at radius 3 is 2.84 bits per heavy atom. The first-order valence-electron chi connectivity index (χ1n) is 10.1. The van der Waals surface area contributed by atoms with E-state index >= 15 is 0 Å². The molecule has 0 fully saturated rings. The molecule has 158 valence electrons. The molecule has 0 spiro atoms. The second-order valence-electron chi connectivity index (χ2n) is 7.37. The molecule has 0 aliphatic carbocycles. The Labute approximate surface area is 178 Å². The Balaban J connectivity index is 1.77. The van der Waals surface area contributed by atoms with Gasteiger partial charge in [-0.2, -0.15) is 10.4 Å². The standard InChI is InChI=1S/C23H21F2N5O/c1-2-27-23(31)29-9-8-21-19(14-29)22(16-5-3-4-15(10-16)12-26)28-30(21)13-17-6-7-18(24)11-20(17)25/h3-7,10-11H,2,8-9,13-14H2,1H3,(H,27,31). The summed E-state index contributed by atoms with van der Waals surface area (Å²) in [6, 6.07) is 12.6. The van der Waals surface area contributed by atoms with Crippen molar-refractivity contribution in [3.63, 3.8) is 0 Å². The Bertz CT molecular complexity index is 1180. The first-order chi connectivity index (χ1) is 15.0. The third-order valence-corrected chi connectivity index (χ3v) is 5.35. The van der Waals surface area contributed by atoms with Crippen LogP contribution in [0.15, 0.2) is 42.5 Å². The fraction of sp³-hybridized carbons (Fsp3) is 0.261. The number of carbonyl (C=O) groups excluding carboxylic acids is 1. The highest BCUT2D eigenvalue weighted by Crippen LogP contribution is 2.31. The summed E-state index contributed by atoms with van der Waals surface area (Å²) in [4.78, 5) is 14.1. The van der Waals surface area contributed by atoms with E-state index in [2.05, 4.69) is 11.4 Å². The smallest absolute Gasteiger partial charge is 0.317 e. The van der Waals surface area contributed by atoms with Crippen LogP contribution in [0.25, 0.3) is 11.3 Å². The zero-order valence-electron chi connectivity index (χ0n) is 17.0. The number of aromatic nitrogens is 2. The largest absolute Gasteiger partial charge is 0.338 e. The van der Waals surface area contributed by atoms with Crippen LogP contribution < -0.4 is 5.32 Å². The second-order valence-corrected chi connectivity index (χ2v) is 7.37. The Hall–Kier alpha value is -3.73. The van der Waals surface area contributed by atoms with Crippen LogP contribution >= 0.6 is 0 Å². The van der Waals surface area contributed by atoms with Crippen molar-refractivity contribution in [1.82, 2.24) is 20.0 Å². The summed E-state index contributed by atoms with van der Waals surface area (Å²) in [6.07, 6.45) is 0.556. The highest BCUT2D eigenvalue weighted by atomic mass is 19.1. The van der Waals surface area contributed by atoms with Crippen LogP contribution in [0.2, 0.25) is 0 Å². The molecular weight excluding hydrogens is 400 g/mol. The van der Waals surface area contributed by atoms with Crippen molar-refractivity contribution >= 4 is 6.03 Å². The molecule has 2 heterocycles. The molecule has 0 saturated heterocycles. The molecule has 31 heavy (non-hydrogen) atoms. The number of amides is 2. The van der Waals surface area contributed by atoms with Crippen molar-refractivity contribution in [2.45, 2.75) is 26.4 Å². The van der Waals surface area contributed by atoms with Crippen molar-refractivity contribution in [3.8, 4) is 17.3 Å². The minimum absolute atomic E-state index is 0.146. The summed E-state index contributed by atoms with van der Waals surface area (Å²) in [5, 5.41) is 16.8. The van der Waals surface area contributed by atoms with Crippen molar-refractivity contribution in [2.75, 3.05) is 13.1 Å². The van der Waals surface area contributed by atoms with Crippen LogP contribution in [0.4, 0.5) is 13.6 Å². The monoisotopic (exact) mass is 421 g/mol. The molecule has 1 aliphatic heterocycles. The highest BCUT2D eigenvalue weighted by molar-refractivity contribution is 5.75. The van der Waals surface area contributed by atoms with Gasteiger partial charge in [-0.05, 0) is 25.1 Å². The number of halogens is 2. The van der Waals surface area contributed by atoms with Crippen molar-refractivity contribution < 1.29 is 13.6 Å². The topological polar surface area (TPSA) is 74.0 Å². The van der Waals surface area contributed by atoms with E-state index in [0.717, 1.165) is 22.9 Å². The molecule has 0 radical (unpaired) electrons. The number of rotatable bonds is 4. The number of nitrogens with zero attached hydrogens (tertiary/aromatic N) is 4. The minimum Gasteiger partial charge on any atom is -0.338 e. The summed E-state index contributed by atoms with van der Waals surface area (Å²) in [6.45, 7) is 3.41. The normalized spacial score (nSPS) is 12.9. The molecule has 0 unspecified atom stereocenters. The minimum atomic E-state index is -0.629. The number of hydrogen-bond acceptors (Lipinski definition) is 3. The molecule has 2 aromatic carbocycles. The Morgan fingerprint density at radius 1 is 1.26 bits per heavy atom. The van der Waals surface area contributed by atoms with Crippen LogP contribution in [-0.2, 0) is 19.5 Å². The molecule has 6 nitrogen and oxygen atoms in total. The van der Waals surface area contributed by atoms with Gasteiger partial charge >= 0.3 is 6.03 Å². The lowest BCUT2D eigenvalue weighted by molar-refractivity contribution is 0.192. The number of benzene rings is 2. The number of urea groups is 1. The third kappa shape index (κ3) is 4.12. The summed E-state index contributed by atoms with van der Waals surface area (Å²) in [7, 11) is 0. The summed E-state index contributed by atoms with van der Waals surface area (Å²) in [5.41, 5.74) is 4.02. The molecule has 0 saturated carbocycles. The van der Waals surface area contributed by atoms with Crippen LogP contribution in [0.3, 0.4) is 0 Å². The maximum absolute atomic E-state index is 14.3. The van der Waals surface area contributed by atoms with Crippen molar-refractivity contribution in [1.29, 1.82) is 5.26 Å². The van der Waals surface area contributed by atoms with E-state index in [0.29, 0.717) is 42.9 Å². The van der Waals surface area contributed by atoms with Crippen LogP contribution in [0.5, 0.6) is 0 Å². The van der Waals surface area contributed by atoms with Gasteiger partial charge in [0.1, 0.15) is 11.6 Å². The van der Waals surface area contributed by atoms with Crippen molar-refractivity contribution in [2.24, 2.45) is 0 Å². The van der Waals surface area contributed by atoms with Gasteiger partial charge in [0, 0.05) is 48.0 Å². The maximum atomic E-state index is 14.3. The van der Waals surface area contributed by atoms with Gasteiger partial charge in [0.05, 0.1) is 30.4 Å². The first kappa shape index (κ1) is 20.5. The summed E-state index contributed by atoms with van der Waals surface area (Å²) >= 11 is 0. The fourth-order valence-corrected chi connectivity index (χ4v) is 3.84. The molecular formula is C23H21F2N5O. The lowest BCUT2D eigenvalue weighted by atomic mass is 10.00. The molecule has 4 rings (SSSR count). The maximum Gasteiger partial charge on any atom is 0.317 e. The van der Waals surface area contributed by atoms with E-state index in [-0.39, 0.29) is 12.6 Å². The molecule has 8 heteroatoms. The average Bonchev–Trinajstić information content (AvgIpc) is 3.13. The molecule has 0 atom stereocenters. The SMILES string of the molecule is CCNC(=O)N1CCc2c(c(-c3cccc(C#N)c3)nn2Cc2ccc(F)cc2F)C1. The van der Waals surface area contributed by atoms with Gasteiger partial charge in [-0.15, -0.1) is 0 Å². The fourth-order valence-electron chi connectivity index (χ4n) is 3.84. The highest BCUT2D eigenvalue weighted by Gasteiger charge is 2.28. The van der Waals surface area contributed by atoms with Gasteiger partial charge in [0.25, 0.3) is 0 Å². The van der Waals surface area contributed by atoms with E-state index in [1.165, 1.54) is 12.1 Å². The number of nitrogens with one attached hydrogen (secondary N) is 1. The van der Waals surface area contributed by atoms with Crippen LogP contribution in [0.1, 0.15) is 29.3 Å². The van der Waals surface area contributed by atoms with Gasteiger partial charge in [-0.25, -0.2) is 13.6 Å². The average molecular weight is 421 g/mol. The number of carbonyl (C=O) groups is 1. The Kier molecular flexibility index (Phi) is 5.67. The summed E-state index contributed by atoms with van der Waals surface area (Å²) < 4.78 is 29.3. The van der Waals surface area contributed by atoms with Gasteiger partial charge < -0.3 is 10.2 Å². The lowest BCUT2D eigenvalue weighted by Gasteiger charge is -2.28. The lowest BCUT2D eigenvalue weighted by Crippen LogP contribution is -2.42. The van der Waals surface area contributed by atoms with Crippen molar-refractivity contribution in [3.05, 3.63) is 76.5 Å². The molecule has 1 aliphatic rings. The van der Waals surface area contributed by atoms with Gasteiger partial charge in [-0.3, -0.25) is 4.68 Å². The second kappa shape index (κ2) is 8.56. The van der Waals surface area contributed by atoms with E-state index in [4.69, 9.17) is 5.10 Å². The van der Waals surface area contributed by atoms with Gasteiger partial charge in [0.15, 0.2) is 0 Å². The Morgan fingerprint density at radius 2 is 2.10 bits per heavy atom. The zero-order valence-corrected chi connectivity index (χ0v) is 17.0. The van der Waals surface area contributed by atoms with E-state index in [1.54, 1.807) is 27.8 Å². The zero-order chi connectivity index (χ0) is 22.0. The van der Waals surface area contributed by atoms with E-state index in [1.807, 2.05) is 13.0 Å².